The lowest BCUT2D eigenvalue weighted by Crippen LogP contribution is -2.28. The quantitative estimate of drug-likeness (QED) is 0.789. The van der Waals surface area contributed by atoms with E-state index in [0.717, 1.165) is 11.0 Å². The maximum atomic E-state index is 11.8. The van der Waals surface area contributed by atoms with E-state index in [2.05, 4.69) is 9.97 Å². The van der Waals surface area contributed by atoms with Gasteiger partial charge in [0.15, 0.2) is 0 Å². The summed E-state index contributed by atoms with van der Waals surface area (Å²) in [6.07, 6.45) is 4.93. The molecule has 0 atom stereocenters. The van der Waals surface area contributed by atoms with Crippen LogP contribution in [0.3, 0.4) is 0 Å². The normalized spacial score (nSPS) is 11.1. The molecule has 0 saturated heterocycles. The van der Waals surface area contributed by atoms with E-state index < -0.39 is 0 Å². The maximum Gasteiger partial charge on any atom is 0.246 e. The van der Waals surface area contributed by atoms with Crippen molar-refractivity contribution in [1.82, 2.24) is 14.9 Å². The molecule has 4 nitrogen and oxygen atoms in total. The highest BCUT2D eigenvalue weighted by atomic mass is 16.2. The van der Waals surface area contributed by atoms with Gasteiger partial charge in [-0.1, -0.05) is 12.1 Å². The lowest BCUT2D eigenvalue weighted by atomic mass is 10.3. The van der Waals surface area contributed by atoms with E-state index in [1.165, 1.54) is 0 Å². The molecule has 0 unspecified atom stereocenters. The first-order valence-electron chi connectivity index (χ1n) is 6.43. The number of amides is 1. The third-order valence-corrected chi connectivity index (χ3v) is 2.94. The van der Waals surface area contributed by atoms with Crippen molar-refractivity contribution in [2.45, 2.75) is 13.8 Å². The van der Waals surface area contributed by atoms with E-state index in [1.54, 1.807) is 23.2 Å². The van der Waals surface area contributed by atoms with Crippen LogP contribution >= 0.6 is 0 Å². The van der Waals surface area contributed by atoms with E-state index in [9.17, 15) is 4.79 Å². The van der Waals surface area contributed by atoms with Crippen LogP contribution in [-0.2, 0) is 4.79 Å². The van der Waals surface area contributed by atoms with Gasteiger partial charge in [-0.15, -0.1) is 0 Å². The van der Waals surface area contributed by atoms with Crippen molar-refractivity contribution in [3.8, 4) is 0 Å². The topological polar surface area (TPSA) is 46.1 Å². The van der Waals surface area contributed by atoms with Crippen LogP contribution in [0.4, 0.5) is 0 Å². The van der Waals surface area contributed by atoms with Crippen LogP contribution in [0.15, 0.2) is 36.5 Å². The Kier molecular flexibility index (Phi) is 4.23. The monoisotopic (exact) mass is 255 g/mol. The van der Waals surface area contributed by atoms with Gasteiger partial charge in [0.1, 0.15) is 0 Å². The number of carbonyl (C=O) groups is 1. The average Bonchev–Trinajstić information content (AvgIpc) is 2.46. The zero-order valence-corrected chi connectivity index (χ0v) is 11.2. The number of hydrogen-bond acceptors (Lipinski definition) is 3. The second-order valence-electron chi connectivity index (χ2n) is 4.13. The number of fused-ring (bicyclic) bond motifs is 1. The van der Waals surface area contributed by atoms with Gasteiger partial charge in [-0.05, 0) is 32.1 Å². The molecule has 0 aliphatic heterocycles. The molecule has 0 N–H and O–H groups in total. The SMILES string of the molecule is CCN(CC)C(=O)C=Cc1cnc2ccccc2n1. The Bertz CT molecular complexity index is 603. The predicted molar refractivity (Wildman–Crippen MR) is 76.5 cm³/mol. The number of benzene rings is 1. The summed E-state index contributed by atoms with van der Waals surface area (Å²) in [7, 11) is 0. The van der Waals surface area contributed by atoms with Crippen LogP contribution in [-0.4, -0.2) is 33.9 Å². The van der Waals surface area contributed by atoms with E-state index >= 15 is 0 Å². The first kappa shape index (κ1) is 13.2. The molecule has 0 bridgehead atoms. The molecule has 19 heavy (non-hydrogen) atoms. The average molecular weight is 255 g/mol. The molecule has 2 aromatic rings. The Balaban J connectivity index is 2.19. The Hall–Kier alpha value is -2.23. The van der Waals surface area contributed by atoms with Gasteiger partial charge >= 0.3 is 0 Å². The van der Waals surface area contributed by atoms with Crippen molar-refractivity contribution in [2.24, 2.45) is 0 Å². The summed E-state index contributed by atoms with van der Waals surface area (Å²) in [5.41, 5.74) is 2.38. The first-order chi connectivity index (χ1) is 9.24. The molecule has 0 aliphatic rings. The third kappa shape index (κ3) is 3.16. The number of nitrogens with zero attached hydrogens (tertiary/aromatic N) is 3. The summed E-state index contributed by atoms with van der Waals surface area (Å²) < 4.78 is 0. The van der Waals surface area contributed by atoms with Gasteiger partial charge in [0.05, 0.1) is 22.9 Å². The van der Waals surface area contributed by atoms with Gasteiger partial charge < -0.3 is 4.90 Å². The molecule has 1 aromatic carbocycles. The first-order valence-corrected chi connectivity index (χ1v) is 6.43. The minimum atomic E-state index is -0.0000383. The maximum absolute atomic E-state index is 11.8. The van der Waals surface area contributed by atoms with Crippen molar-refractivity contribution in [2.75, 3.05) is 13.1 Å². The van der Waals surface area contributed by atoms with Gasteiger partial charge in [0.25, 0.3) is 0 Å². The van der Waals surface area contributed by atoms with Crippen LogP contribution in [0.5, 0.6) is 0 Å². The molecule has 2 rings (SSSR count). The minimum absolute atomic E-state index is 0.0000383. The summed E-state index contributed by atoms with van der Waals surface area (Å²) in [6.45, 7) is 5.35. The van der Waals surface area contributed by atoms with Gasteiger partial charge in [0.2, 0.25) is 5.91 Å². The Morgan fingerprint density at radius 1 is 1.21 bits per heavy atom. The molecule has 4 heteroatoms. The number of rotatable bonds is 4. The lowest BCUT2D eigenvalue weighted by molar-refractivity contribution is -0.125. The second-order valence-corrected chi connectivity index (χ2v) is 4.13. The van der Waals surface area contributed by atoms with Crippen LogP contribution in [0.1, 0.15) is 19.5 Å². The molecule has 0 aliphatic carbocycles. The standard InChI is InChI=1S/C15H17N3O/c1-3-18(4-2)15(19)10-9-12-11-16-13-7-5-6-8-14(13)17-12/h5-11H,3-4H2,1-2H3. The number of carbonyl (C=O) groups excluding carboxylic acids is 1. The Labute approximate surface area is 112 Å². The highest BCUT2D eigenvalue weighted by Gasteiger charge is 2.04. The molecular weight excluding hydrogens is 238 g/mol. The number of aromatic nitrogens is 2. The minimum Gasteiger partial charge on any atom is -0.340 e. The number of likely N-dealkylation sites (N-methyl/N-ethyl adjacent to an activating group) is 1. The van der Waals surface area contributed by atoms with E-state index in [4.69, 9.17) is 0 Å². The zero-order chi connectivity index (χ0) is 13.7. The van der Waals surface area contributed by atoms with Crippen LogP contribution in [0.2, 0.25) is 0 Å². The Morgan fingerprint density at radius 3 is 2.58 bits per heavy atom. The van der Waals surface area contributed by atoms with E-state index in [1.807, 2.05) is 38.1 Å². The summed E-state index contributed by atoms with van der Waals surface area (Å²) >= 11 is 0. The fourth-order valence-electron chi connectivity index (χ4n) is 1.85. The highest BCUT2D eigenvalue weighted by Crippen LogP contribution is 2.09. The van der Waals surface area contributed by atoms with Crippen molar-refractivity contribution in [3.05, 3.63) is 42.2 Å². The van der Waals surface area contributed by atoms with Gasteiger partial charge in [-0.3, -0.25) is 9.78 Å². The Morgan fingerprint density at radius 2 is 1.89 bits per heavy atom. The van der Waals surface area contributed by atoms with E-state index in [-0.39, 0.29) is 5.91 Å². The van der Waals surface area contributed by atoms with Gasteiger partial charge in [-0.2, -0.15) is 0 Å². The molecule has 1 aromatic heterocycles. The highest BCUT2D eigenvalue weighted by molar-refractivity contribution is 5.91. The largest absolute Gasteiger partial charge is 0.340 e. The van der Waals surface area contributed by atoms with Crippen molar-refractivity contribution < 1.29 is 4.79 Å². The van der Waals surface area contributed by atoms with Crippen LogP contribution in [0.25, 0.3) is 17.1 Å². The molecule has 98 valence electrons. The van der Waals surface area contributed by atoms with Crippen molar-refractivity contribution >= 4 is 23.0 Å². The van der Waals surface area contributed by atoms with Crippen LogP contribution in [0, 0.1) is 0 Å². The second kappa shape index (κ2) is 6.09. The summed E-state index contributed by atoms with van der Waals surface area (Å²) in [6, 6.07) is 7.67. The molecule has 0 radical (unpaired) electrons. The van der Waals surface area contributed by atoms with Crippen molar-refractivity contribution in [3.63, 3.8) is 0 Å². The van der Waals surface area contributed by atoms with Crippen molar-refractivity contribution in [1.29, 1.82) is 0 Å². The van der Waals surface area contributed by atoms with E-state index in [0.29, 0.717) is 18.8 Å². The fraction of sp³-hybridized carbons (Fsp3) is 0.267. The summed E-state index contributed by atoms with van der Waals surface area (Å²) in [5, 5.41) is 0. The third-order valence-electron chi connectivity index (χ3n) is 2.94. The summed E-state index contributed by atoms with van der Waals surface area (Å²) in [4.78, 5) is 22.3. The number of para-hydroxylation sites is 2. The lowest BCUT2D eigenvalue weighted by Gasteiger charge is -2.15. The molecule has 0 spiro atoms. The van der Waals surface area contributed by atoms with Crippen LogP contribution < -0.4 is 0 Å². The molecule has 0 saturated carbocycles. The smallest absolute Gasteiger partial charge is 0.246 e. The van der Waals surface area contributed by atoms with Gasteiger partial charge in [0, 0.05) is 19.2 Å². The molecule has 0 fully saturated rings. The summed E-state index contributed by atoms with van der Waals surface area (Å²) in [5.74, 6) is -0.0000383. The molecule has 1 heterocycles. The fourth-order valence-corrected chi connectivity index (χ4v) is 1.85. The van der Waals surface area contributed by atoms with Gasteiger partial charge in [-0.25, -0.2) is 4.98 Å². The molecule has 1 amide bonds. The number of hydrogen-bond donors (Lipinski definition) is 0. The zero-order valence-electron chi connectivity index (χ0n) is 11.2. The molecular formula is C15H17N3O. The predicted octanol–water partition coefficient (Wildman–Crippen LogP) is 2.51.